The summed E-state index contributed by atoms with van der Waals surface area (Å²) in [5.41, 5.74) is 6.34. The van der Waals surface area contributed by atoms with Crippen molar-refractivity contribution < 1.29 is 14.3 Å². The predicted molar refractivity (Wildman–Crippen MR) is 49.4 cm³/mol. The molecule has 0 bridgehead atoms. The lowest BCUT2D eigenvalue weighted by Gasteiger charge is -2.11. The molecule has 1 atom stereocenters. The van der Waals surface area contributed by atoms with Gasteiger partial charge in [0, 0.05) is 12.6 Å². The Morgan fingerprint density at radius 3 is 2.57 bits per heavy atom. The summed E-state index contributed by atoms with van der Waals surface area (Å²) in [6.07, 6.45) is -1.12. The summed E-state index contributed by atoms with van der Waals surface area (Å²) in [4.78, 5) is 10.2. The van der Waals surface area contributed by atoms with Crippen LogP contribution in [0.1, 0.15) is 11.6 Å². The van der Waals surface area contributed by atoms with Crippen molar-refractivity contribution in [2.45, 2.75) is 6.04 Å². The molecular formula is C9H11FN2O2. The Bertz CT molecular complexity index is 313. The Labute approximate surface area is 80.5 Å². The minimum atomic E-state index is -1.12. The van der Waals surface area contributed by atoms with Gasteiger partial charge in [-0.15, -0.1) is 0 Å². The van der Waals surface area contributed by atoms with Gasteiger partial charge in [-0.1, -0.05) is 12.1 Å². The SMILES string of the molecule is NC(CNC(=O)O)c1ccc(F)cc1. The van der Waals surface area contributed by atoms with Gasteiger partial charge in [0.2, 0.25) is 0 Å². The van der Waals surface area contributed by atoms with Crippen LogP contribution >= 0.6 is 0 Å². The van der Waals surface area contributed by atoms with Gasteiger partial charge in [0.1, 0.15) is 5.82 Å². The fourth-order valence-corrected chi connectivity index (χ4v) is 1.03. The van der Waals surface area contributed by atoms with E-state index in [0.29, 0.717) is 5.56 Å². The van der Waals surface area contributed by atoms with Crippen molar-refractivity contribution in [3.63, 3.8) is 0 Å². The smallest absolute Gasteiger partial charge is 0.404 e. The highest BCUT2D eigenvalue weighted by Gasteiger charge is 2.06. The van der Waals surface area contributed by atoms with Crippen LogP contribution in [-0.2, 0) is 0 Å². The highest BCUT2D eigenvalue weighted by atomic mass is 19.1. The Morgan fingerprint density at radius 1 is 1.50 bits per heavy atom. The Balaban J connectivity index is 2.56. The van der Waals surface area contributed by atoms with Gasteiger partial charge >= 0.3 is 6.09 Å². The van der Waals surface area contributed by atoms with E-state index in [1.54, 1.807) is 0 Å². The third-order valence-corrected chi connectivity index (χ3v) is 1.77. The number of halogens is 1. The third-order valence-electron chi connectivity index (χ3n) is 1.77. The lowest BCUT2D eigenvalue weighted by Crippen LogP contribution is -2.30. The van der Waals surface area contributed by atoms with Crippen LogP contribution in [0.4, 0.5) is 9.18 Å². The molecule has 1 amide bonds. The molecule has 0 aliphatic rings. The summed E-state index contributed by atoms with van der Waals surface area (Å²) < 4.78 is 12.5. The van der Waals surface area contributed by atoms with Crippen molar-refractivity contribution in [3.8, 4) is 0 Å². The van der Waals surface area contributed by atoms with Crippen LogP contribution in [0.15, 0.2) is 24.3 Å². The summed E-state index contributed by atoms with van der Waals surface area (Å²) in [6, 6.07) is 5.19. The zero-order valence-corrected chi connectivity index (χ0v) is 7.40. The van der Waals surface area contributed by atoms with Gasteiger partial charge in [-0.3, -0.25) is 0 Å². The number of hydrogen-bond donors (Lipinski definition) is 3. The Kier molecular flexibility index (Phi) is 3.41. The number of carbonyl (C=O) groups is 1. The van der Waals surface area contributed by atoms with E-state index in [2.05, 4.69) is 5.32 Å². The van der Waals surface area contributed by atoms with Crippen molar-refractivity contribution in [3.05, 3.63) is 35.6 Å². The summed E-state index contributed by atoms with van der Waals surface area (Å²) in [6.45, 7) is 0.112. The molecule has 4 N–H and O–H groups in total. The lowest BCUT2D eigenvalue weighted by molar-refractivity contribution is 0.193. The largest absolute Gasteiger partial charge is 0.465 e. The van der Waals surface area contributed by atoms with Crippen LogP contribution in [0.3, 0.4) is 0 Å². The molecule has 0 radical (unpaired) electrons. The molecule has 1 rings (SSSR count). The van der Waals surface area contributed by atoms with Crippen LogP contribution in [0.2, 0.25) is 0 Å². The van der Waals surface area contributed by atoms with E-state index in [0.717, 1.165) is 0 Å². The molecule has 0 saturated carbocycles. The first kappa shape index (κ1) is 10.5. The molecule has 1 aromatic rings. The number of hydrogen-bond acceptors (Lipinski definition) is 2. The molecule has 0 aliphatic heterocycles. The summed E-state index contributed by atoms with van der Waals surface area (Å²) in [7, 11) is 0. The zero-order chi connectivity index (χ0) is 10.6. The molecule has 1 aromatic carbocycles. The Hall–Kier alpha value is -1.62. The van der Waals surface area contributed by atoms with Crippen LogP contribution in [0.25, 0.3) is 0 Å². The number of amides is 1. The predicted octanol–water partition coefficient (Wildman–Crippen LogP) is 1.09. The van der Waals surface area contributed by atoms with Crippen molar-refractivity contribution in [2.24, 2.45) is 5.73 Å². The maximum Gasteiger partial charge on any atom is 0.404 e. The van der Waals surface area contributed by atoms with Crippen LogP contribution in [0.5, 0.6) is 0 Å². The molecule has 0 spiro atoms. The van der Waals surface area contributed by atoms with E-state index in [1.165, 1.54) is 24.3 Å². The molecule has 4 nitrogen and oxygen atoms in total. The molecule has 0 aromatic heterocycles. The topological polar surface area (TPSA) is 75.3 Å². The normalized spacial score (nSPS) is 12.1. The highest BCUT2D eigenvalue weighted by molar-refractivity contribution is 5.64. The van der Waals surface area contributed by atoms with E-state index in [4.69, 9.17) is 10.8 Å². The molecule has 0 saturated heterocycles. The number of carboxylic acid groups (broad SMARTS) is 1. The van der Waals surface area contributed by atoms with Crippen molar-refractivity contribution in [1.29, 1.82) is 0 Å². The summed E-state index contributed by atoms with van der Waals surface area (Å²) in [5.74, 6) is -0.341. The fraction of sp³-hybridized carbons (Fsp3) is 0.222. The minimum absolute atomic E-state index is 0.112. The first-order chi connectivity index (χ1) is 6.59. The van der Waals surface area contributed by atoms with Gasteiger partial charge in [-0.2, -0.15) is 0 Å². The van der Waals surface area contributed by atoms with Crippen LogP contribution in [0, 0.1) is 5.82 Å². The van der Waals surface area contributed by atoms with Gasteiger partial charge < -0.3 is 16.2 Å². The second-order valence-electron chi connectivity index (χ2n) is 2.84. The molecular weight excluding hydrogens is 187 g/mol. The van der Waals surface area contributed by atoms with E-state index in [1.807, 2.05) is 0 Å². The zero-order valence-electron chi connectivity index (χ0n) is 7.40. The Morgan fingerprint density at radius 2 is 2.07 bits per heavy atom. The maximum absolute atomic E-state index is 12.5. The molecule has 1 unspecified atom stereocenters. The second kappa shape index (κ2) is 4.57. The van der Waals surface area contributed by atoms with Crippen LogP contribution < -0.4 is 11.1 Å². The maximum atomic E-state index is 12.5. The summed E-state index contributed by atoms with van der Waals surface area (Å²) in [5, 5.41) is 10.5. The van der Waals surface area contributed by atoms with E-state index in [-0.39, 0.29) is 12.4 Å². The molecule has 0 fully saturated rings. The monoisotopic (exact) mass is 198 g/mol. The first-order valence-corrected chi connectivity index (χ1v) is 4.07. The molecule has 0 heterocycles. The van der Waals surface area contributed by atoms with Gasteiger partial charge in [0.05, 0.1) is 0 Å². The van der Waals surface area contributed by atoms with Gasteiger partial charge in [0.15, 0.2) is 0 Å². The van der Waals surface area contributed by atoms with Crippen molar-refractivity contribution in [1.82, 2.24) is 5.32 Å². The molecule has 5 heteroatoms. The number of nitrogens with one attached hydrogen (secondary N) is 1. The second-order valence-corrected chi connectivity index (χ2v) is 2.84. The van der Waals surface area contributed by atoms with Gasteiger partial charge in [-0.05, 0) is 17.7 Å². The summed E-state index contributed by atoms with van der Waals surface area (Å²) >= 11 is 0. The van der Waals surface area contributed by atoms with Gasteiger partial charge in [0.25, 0.3) is 0 Å². The standard InChI is InChI=1S/C9H11FN2O2/c10-7-3-1-6(2-4-7)8(11)5-12-9(13)14/h1-4,8,12H,5,11H2,(H,13,14). The lowest BCUT2D eigenvalue weighted by atomic mass is 10.1. The van der Waals surface area contributed by atoms with E-state index < -0.39 is 12.1 Å². The minimum Gasteiger partial charge on any atom is -0.465 e. The van der Waals surface area contributed by atoms with Crippen LogP contribution in [-0.4, -0.2) is 17.7 Å². The van der Waals surface area contributed by atoms with Crippen molar-refractivity contribution >= 4 is 6.09 Å². The number of nitrogens with two attached hydrogens (primary N) is 1. The third kappa shape index (κ3) is 3.02. The quantitative estimate of drug-likeness (QED) is 0.680. The number of rotatable bonds is 3. The molecule has 0 aliphatic carbocycles. The van der Waals surface area contributed by atoms with Crippen molar-refractivity contribution in [2.75, 3.05) is 6.54 Å². The average Bonchev–Trinajstić information content (AvgIpc) is 2.15. The fourth-order valence-electron chi connectivity index (χ4n) is 1.03. The van der Waals surface area contributed by atoms with E-state index in [9.17, 15) is 9.18 Å². The van der Waals surface area contributed by atoms with E-state index >= 15 is 0 Å². The van der Waals surface area contributed by atoms with Gasteiger partial charge in [-0.25, -0.2) is 9.18 Å². The average molecular weight is 198 g/mol. The molecule has 14 heavy (non-hydrogen) atoms. The first-order valence-electron chi connectivity index (χ1n) is 4.07. The molecule has 76 valence electrons. The number of benzene rings is 1. The highest BCUT2D eigenvalue weighted by Crippen LogP contribution is 2.09.